The molecule has 0 aliphatic carbocycles. The molecule has 0 amide bonds. The van der Waals surface area contributed by atoms with E-state index in [0.717, 1.165) is 23.8 Å². The quantitative estimate of drug-likeness (QED) is 0.895. The third kappa shape index (κ3) is 2.77. The van der Waals surface area contributed by atoms with Crippen LogP contribution in [0.25, 0.3) is 11.4 Å². The van der Waals surface area contributed by atoms with E-state index in [1.807, 2.05) is 39.2 Å². The first-order chi connectivity index (χ1) is 8.70. The molecule has 0 aliphatic rings. The highest BCUT2D eigenvalue weighted by molar-refractivity contribution is 5.61. The standard InChI is InChI=1S/C14H18N4/c1-4-15-13-9-10-16-14(17-13)11-5-7-12(8-6-11)18(2)3/h5-10H,4H2,1-3H3,(H,15,16,17). The molecule has 1 N–H and O–H groups in total. The van der Waals surface area contributed by atoms with Crippen LogP contribution in [-0.2, 0) is 0 Å². The summed E-state index contributed by atoms with van der Waals surface area (Å²) in [5, 5.41) is 3.19. The van der Waals surface area contributed by atoms with Crippen molar-refractivity contribution in [1.82, 2.24) is 9.97 Å². The monoisotopic (exact) mass is 242 g/mol. The minimum absolute atomic E-state index is 0.749. The Morgan fingerprint density at radius 2 is 1.83 bits per heavy atom. The number of hydrogen-bond donors (Lipinski definition) is 1. The molecule has 0 aliphatic heterocycles. The number of rotatable bonds is 4. The first kappa shape index (κ1) is 12.4. The van der Waals surface area contributed by atoms with Crippen molar-refractivity contribution < 1.29 is 0 Å². The number of anilines is 2. The maximum Gasteiger partial charge on any atom is 0.161 e. The molecule has 0 saturated carbocycles. The molecule has 2 rings (SSSR count). The zero-order valence-corrected chi connectivity index (χ0v) is 11.0. The first-order valence-corrected chi connectivity index (χ1v) is 6.05. The number of benzene rings is 1. The Bertz CT molecular complexity index is 505. The highest BCUT2D eigenvalue weighted by Crippen LogP contribution is 2.20. The van der Waals surface area contributed by atoms with Crippen LogP contribution >= 0.6 is 0 Å². The summed E-state index contributed by atoms with van der Waals surface area (Å²) >= 11 is 0. The van der Waals surface area contributed by atoms with E-state index in [1.165, 1.54) is 5.69 Å². The molecular formula is C14H18N4. The fraction of sp³-hybridized carbons (Fsp3) is 0.286. The van der Waals surface area contributed by atoms with Gasteiger partial charge in [-0.15, -0.1) is 0 Å². The van der Waals surface area contributed by atoms with Gasteiger partial charge in [-0.2, -0.15) is 0 Å². The molecule has 0 unspecified atom stereocenters. The molecule has 94 valence electrons. The molecule has 0 fully saturated rings. The van der Waals surface area contributed by atoms with Gasteiger partial charge in [-0.25, -0.2) is 9.97 Å². The maximum atomic E-state index is 4.47. The Morgan fingerprint density at radius 1 is 1.11 bits per heavy atom. The van der Waals surface area contributed by atoms with Crippen LogP contribution in [0, 0.1) is 0 Å². The second kappa shape index (κ2) is 5.49. The van der Waals surface area contributed by atoms with Crippen molar-refractivity contribution in [2.75, 3.05) is 30.9 Å². The van der Waals surface area contributed by atoms with Crippen molar-refractivity contribution in [2.24, 2.45) is 0 Å². The fourth-order valence-corrected chi connectivity index (χ4v) is 1.69. The normalized spacial score (nSPS) is 10.2. The summed E-state index contributed by atoms with van der Waals surface area (Å²) in [6.45, 7) is 2.91. The summed E-state index contributed by atoms with van der Waals surface area (Å²) < 4.78 is 0. The predicted molar refractivity (Wildman–Crippen MR) is 76.0 cm³/mol. The van der Waals surface area contributed by atoms with Gasteiger partial charge in [0.15, 0.2) is 5.82 Å². The summed E-state index contributed by atoms with van der Waals surface area (Å²) in [5.41, 5.74) is 2.20. The van der Waals surface area contributed by atoms with Crippen molar-refractivity contribution in [2.45, 2.75) is 6.92 Å². The van der Waals surface area contributed by atoms with Gasteiger partial charge in [-0.1, -0.05) is 0 Å². The number of aromatic nitrogens is 2. The lowest BCUT2D eigenvalue weighted by Gasteiger charge is -2.12. The maximum absolute atomic E-state index is 4.47. The van der Waals surface area contributed by atoms with Crippen LogP contribution < -0.4 is 10.2 Å². The molecule has 2 aromatic rings. The highest BCUT2D eigenvalue weighted by Gasteiger charge is 2.03. The first-order valence-electron chi connectivity index (χ1n) is 6.05. The Hall–Kier alpha value is -2.10. The van der Waals surface area contributed by atoms with Crippen LogP contribution in [0.15, 0.2) is 36.5 Å². The lowest BCUT2D eigenvalue weighted by atomic mass is 10.2. The van der Waals surface area contributed by atoms with E-state index in [2.05, 4.69) is 32.3 Å². The molecule has 0 saturated heterocycles. The van der Waals surface area contributed by atoms with Gasteiger partial charge in [0, 0.05) is 38.1 Å². The molecule has 0 atom stereocenters. The van der Waals surface area contributed by atoms with Crippen LogP contribution in [0.2, 0.25) is 0 Å². The molecule has 1 aromatic heterocycles. The summed E-state index contributed by atoms with van der Waals surface area (Å²) in [6, 6.07) is 10.1. The van der Waals surface area contributed by atoms with Crippen LogP contribution in [-0.4, -0.2) is 30.6 Å². The van der Waals surface area contributed by atoms with Crippen LogP contribution in [0.5, 0.6) is 0 Å². The van der Waals surface area contributed by atoms with Crippen LogP contribution in [0.4, 0.5) is 11.5 Å². The van der Waals surface area contributed by atoms with Gasteiger partial charge in [0.2, 0.25) is 0 Å². The minimum Gasteiger partial charge on any atom is -0.378 e. The molecule has 0 bridgehead atoms. The van der Waals surface area contributed by atoms with Gasteiger partial charge in [0.25, 0.3) is 0 Å². The molecule has 4 heteroatoms. The highest BCUT2D eigenvalue weighted by atomic mass is 15.1. The summed E-state index contributed by atoms with van der Waals surface area (Å²) in [6.07, 6.45) is 1.78. The van der Waals surface area contributed by atoms with Gasteiger partial charge < -0.3 is 10.2 Å². The Balaban J connectivity index is 2.27. The third-order valence-electron chi connectivity index (χ3n) is 2.66. The number of nitrogens with zero attached hydrogens (tertiary/aromatic N) is 3. The summed E-state index contributed by atoms with van der Waals surface area (Å²) in [4.78, 5) is 10.8. The van der Waals surface area contributed by atoms with E-state index < -0.39 is 0 Å². The Kier molecular flexibility index (Phi) is 3.77. The average molecular weight is 242 g/mol. The second-order valence-electron chi connectivity index (χ2n) is 4.24. The smallest absolute Gasteiger partial charge is 0.161 e. The molecular weight excluding hydrogens is 224 g/mol. The Labute approximate surface area is 108 Å². The van der Waals surface area contributed by atoms with Crippen molar-refractivity contribution in [1.29, 1.82) is 0 Å². The van der Waals surface area contributed by atoms with E-state index in [4.69, 9.17) is 0 Å². The van der Waals surface area contributed by atoms with Crippen LogP contribution in [0.3, 0.4) is 0 Å². The predicted octanol–water partition coefficient (Wildman–Crippen LogP) is 2.64. The van der Waals surface area contributed by atoms with Crippen molar-refractivity contribution in [3.63, 3.8) is 0 Å². The fourth-order valence-electron chi connectivity index (χ4n) is 1.69. The summed E-state index contributed by atoms with van der Waals surface area (Å²) in [7, 11) is 4.05. The third-order valence-corrected chi connectivity index (χ3v) is 2.66. The zero-order chi connectivity index (χ0) is 13.0. The van der Waals surface area contributed by atoms with Crippen molar-refractivity contribution >= 4 is 11.5 Å². The van der Waals surface area contributed by atoms with E-state index in [0.29, 0.717) is 0 Å². The van der Waals surface area contributed by atoms with Gasteiger partial charge in [0.1, 0.15) is 5.82 Å². The van der Waals surface area contributed by atoms with Crippen molar-refractivity contribution in [3.8, 4) is 11.4 Å². The average Bonchev–Trinajstić information content (AvgIpc) is 2.39. The van der Waals surface area contributed by atoms with Gasteiger partial charge >= 0.3 is 0 Å². The molecule has 18 heavy (non-hydrogen) atoms. The van der Waals surface area contributed by atoms with E-state index in [-0.39, 0.29) is 0 Å². The molecule has 1 aromatic carbocycles. The van der Waals surface area contributed by atoms with E-state index in [1.54, 1.807) is 6.20 Å². The molecule has 4 nitrogen and oxygen atoms in total. The number of nitrogens with one attached hydrogen (secondary N) is 1. The molecule has 0 radical (unpaired) electrons. The minimum atomic E-state index is 0.749. The Morgan fingerprint density at radius 3 is 2.44 bits per heavy atom. The lowest BCUT2D eigenvalue weighted by Crippen LogP contribution is -2.08. The van der Waals surface area contributed by atoms with Gasteiger partial charge in [0.05, 0.1) is 0 Å². The topological polar surface area (TPSA) is 41.1 Å². The van der Waals surface area contributed by atoms with E-state index >= 15 is 0 Å². The van der Waals surface area contributed by atoms with E-state index in [9.17, 15) is 0 Å². The van der Waals surface area contributed by atoms with Crippen LogP contribution in [0.1, 0.15) is 6.92 Å². The number of hydrogen-bond acceptors (Lipinski definition) is 4. The second-order valence-corrected chi connectivity index (χ2v) is 4.24. The van der Waals surface area contributed by atoms with Crippen molar-refractivity contribution in [3.05, 3.63) is 36.5 Å². The molecule has 1 heterocycles. The SMILES string of the molecule is CCNc1ccnc(-c2ccc(N(C)C)cc2)n1. The summed E-state index contributed by atoms with van der Waals surface area (Å²) in [5.74, 6) is 1.61. The largest absolute Gasteiger partial charge is 0.378 e. The molecule has 0 spiro atoms. The zero-order valence-electron chi connectivity index (χ0n) is 11.0. The van der Waals surface area contributed by atoms with Gasteiger partial charge in [-0.3, -0.25) is 0 Å². The lowest BCUT2D eigenvalue weighted by molar-refractivity contribution is 1.11. The van der Waals surface area contributed by atoms with Gasteiger partial charge in [-0.05, 0) is 37.3 Å².